The molecule has 3 nitrogen and oxygen atoms in total. The Morgan fingerprint density at radius 1 is 1.22 bits per heavy atom. The molecule has 0 saturated heterocycles. The Bertz CT molecular complexity index is 546. The molecule has 0 aliphatic carbocycles. The third-order valence-electron chi connectivity index (χ3n) is 3.13. The maximum Gasteiger partial charge on any atom is 0.148 e. The largest absolute Gasteiger partial charge is 0.326 e. The van der Waals surface area contributed by atoms with Crippen LogP contribution in [0.3, 0.4) is 0 Å². The Morgan fingerprint density at radius 2 is 1.94 bits per heavy atom. The van der Waals surface area contributed by atoms with Gasteiger partial charge in [-0.3, -0.25) is 0 Å². The molecule has 1 aromatic carbocycles. The summed E-state index contributed by atoms with van der Waals surface area (Å²) in [4.78, 5) is 0. The topological polar surface area (TPSA) is 43.8 Å². The molecule has 0 aliphatic rings. The number of hydrogen-bond donors (Lipinski definition) is 1. The molecule has 0 spiro atoms. The molecule has 0 atom stereocenters. The van der Waals surface area contributed by atoms with Crippen molar-refractivity contribution in [3.63, 3.8) is 0 Å². The quantitative estimate of drug-likeness (QED) is 0.902. The van der Waals surface area contributed by atoms with Gasteiger partial charge >= 0.3 is 0 Å². The SMILES string of the molecule is CCc1nn(-c2ccccc2F)c(CC)c1CN. The van der Waals surface area contributed by atoms with Crippen LogP contribution < -0.4 is 5.73 Å². The normalized spacial score (nSPS) is 10.9. The predicted octanol–water partition coefficient (Wildman–Crippen LogP) is 2.59. The van der Waals surface area contributed by atoms with Crippen LogP contribution in [-0.4, -0.2) is 9.78 Å². The summed E-state index contributed by atoms with van der Waals surface area (Å²) in [7, 11) is 0. The number of para-hydroxylation sites is 1. The number of aryl methyl sites for hydroxylation is 1. The van der Waals surface area contributed by atoms with Crippen molar-refractivity contribution in [2.45, 2.75) is 33.2 Å². The van der Waals surface area contributed by atoms with Crippen LogP contribution in [0.2, 0.25) is 0 Å². The minimum atomic E-state index is -0.263. The van der Waals surface area contributed by atoms with E-state index in [2.05, 4.69) is 5.10 Å². The molecule has 96 valence electrons. The molecular formula is C14H18FN3. The Balaban J connectivity index is 2.64. The van der Waals surface area contributed by atoms with Crippen LogP contribution in [0.25, 0.3) is 5.69 Å². The molecule has 1 heterocycles. The summed E-state index contributed by atoms with van der Waals surface area (Å²) in [5.41, 5.74) is 9.27. The van der Waals surface area contributed by atoms with Gasteiger partial charge < -0.3 is 5.73 Å². The van der Waals surface area contributed by atoms with E-state index in [-0.39, 0.29) is 5.82 Å². The second-order valence-corrected chi connectivity index (χ2v) is 4.15. The van der Waals surface area contributed by atoms with Crippen LogP contribution in [0.5, 0.6) is 0 Å². The zero-order valence-electron chi connectivity index (χ0n) is 10.8. The van der Waals surface area contributed by atoms with E-state index in [1.807, 2.05) is 19.9 Å². The third kappa shape index (κ3) is 2.04. The molecule has 0 radical (unpaired) electrons. The average Bonchev–Trinajstić information content (AvgIpc) is 2.76. The van der Waals surface area contributed by atoms with Gasteiger partial charge in [0, 0.05) is 17.8 Å². The van der Waals surface area contributed by atoms with E-state index < -0.39 is 0 Å². The van der Waals surface area contributed by atoms with Crippen molar-refractivity contribution in [3.05, 3.63) is 47.0 Å². The van der Waals surface area contributed by atoms with Crippen molar-refractivity contribution >= 4 is 0 Å². The molecule has 2 aromatic rings. The van der Waals surface area contributed by atoms with E-state index in [0.29, 0.717) is 12.2 Å². The smallest absolute Gasteiger partial charge is 0.148 e. The van der Waals surface area contributed by atoms with E-state index in [1.54, 1.807) is 16.8 Å². The van der Waals surface area contributed by atoms with Crippen molar-refractivity contribution in [1.82, 2.24) is 9.78 Å². The van der Waals surface area contributed by atoms with E-state index in [1.165, 1.54) is 6.07 Å². The van der Waals surface area contributed by atoms with Crippen LogP contribution in [-0.2, 0) is 19.4 Å². The van der Waals surface area contributed by atoms with Gasteiger partial charge in [0.2, 0.25) is 0 Å². The minimum absolute atomic E-state index is 0.263. The zero-order valence-corrected chi connectivity index (χ0v) is 10.8. The number of hydrogen-bond acceptors (Lipinski definition) is 2. The maximum absolute atomic E-state index is 13.8. The second kappa shape index (κ2) is 5.31. The molecule has 2 N–H and O–H groups in total. The summed E-state index contributed by atoms with van der Waals surface area (Å²) in [6, 6.07) is 6.68. The lowest BCUT2D eigenvalue weighted by Gasteiger charge is -2.07. The van der Waals surface area contributed by atoms with Gasteiger partial charge in [-0.05, 0) is 25.0 Å². The first-order valence-electron chi connectivity index (χ1n) is 6.27. The summed E-state index contributed by atoms with van der Waals surface area (Å²) in [6.07, 6.45) is 1.59. The molecule has 1 aromatic heterocycles. The highest BCUT2D eigenvalue weighted by molar-refractivity contribution is 5.39. The van der Waals surface area contributed by atoms with Gasteiger partial charge in [0.1, 0.15) is 11.5 Å². The van der Waals surface area contributed by atoms with Crippen molar-refractivity contribution in [1.29, 1.82) is 0 Å². The average molecular weight is 247 g/mol. The molecule has 4 heteroatoms. The van der Waals surface area contributed by atoms with Crippen molar-refractivity contribution in [3.8, 4) is 5.69 Å². The number of benzene rings is 1. The lowest BCUT2D eigenvalue weighted by atomic mass is 10.1. The van der Waals surface area contributed by atoms with Crippen LogP contribution in [0.15, 0.2) is 24.3 Å². The molecule has 18 heavy (non-hydrogen) atoms. The van der Waals surface area contributed by atoms with Gasteiger partial charge in [-0.15, -0.1) is 0 Å². The lowest BCUT2D eigenvalue weighted by Crippen LogP contribution is -2.06. The van der Waals surface area contributed by atoms with Crippen LogP contribution >= 0.6 is 0 Å². The fourth-order valence-electron chi connectivity index (χ4n) is 2.24. The Morgan fingerprint density at radius 3 is 2.50 bits per heavy atom. The summed E-state index contributed by atoms with van der Waals surface area (Å²) in [5.74, 6) is -0.263. The van der Waals surface area contributed by atoms with Crippen LogP contribution in [0.4, 0.5) is 4.39 Å². The van der Waals surface area contributed by atoms with E-state index in [9.17, 15) is 4.39 Å². The fraction of sp³-hybridized carbons (Fsp3) is 0.357. The Hall–Kier alpha value is -1.68. The summed E-state index contributed by atoms with van der Waals surface area (Å²) in [5, 5.41) is 4.50. The van der Waals surface area contributed by atoms with Crippen molar-refractivity contribution in [2.24, 2.45) is 5.73 Å². The first-order chi connectivity index (χ1) is 8.72. The van der Waals surface area contributed by atoms with Gasteiger partial charge in [-0.25, -0.2) is 9.07 Å². The van der Waals surface area contributed by atoms with Gasteiger partial charge in [0.05, 0.1) is 5.69 Å². The molecule has 0 unspecified atom stereocenters. The zero-order chi connectivity index (χ0) is 13.1. The maximum atomic E-state index is 13.8. The summed E-state index contributed by atoms with van der Waals surface area (Å²) >= 11 is 0. The summed E-state index contributed by atoms with van der Waals surface area (Å²) < 4.78 is 15.5. The predicted molar refractivity (Wildman–Crippen MR) is 70.2 cm³/mol. The molecule has 0 bridgehead atoms. The van der Waals surface area contributed by atoms with Crippen LogP contribution in [0, 0.1) is 5.82 Å². The standard InChI is InChI=1S/C14H18FN3/c1-3-12-10(9-16)13(4-2)18(17-12)14-8-6-5-7-11(14)15/h5-8H,3-4,9,16H2,1-2H3. The second-order valence-electron chi connectivity index (χ2n) is 4.15. The van der Waals surface area contributed by atoms with Gasteiger partial charge in [-0.2, -0.15) is 5.10 Å². The molecule has 2 rings (SSSR count). The Kier molecular flexibility index (Phi) is 3.77. The first-order valence-corrected chi connectivity index (χ1v) is 6.27. The van der Waals surface area contributed by atoms with Gasteiger partial charge in [0.15, 0.2) is 0 Å². The lowest BCUT2D eigenvalue weighted by molar-refractivity contribution is 0.605. The highest BCUT2D eigenvalue weighted by atomic mass is 19.1. The van der Waals surface area contributed by atoms with E-state index >= 15 is 0 Å². The number of rotatable bonds is 4. The molecular weight excluding hydrogens is 229 g/mol. The summed E-state index contributed by atoms with van der Waals surface area (Å²) in [6.45, 7) is 4.51. The number of nitrogens with zero attached hydrogens (tertiary/aromatic N) is 2. The van der Waals surface area contributed by atoms with Crippen molar-refractivity contribution < 1.29 is 4.39 Å². The van der Waals surface area contributed by atoms with Gasteiger partial charge in [0.25, 0.3) is 0 Å². The minimum Gasteiger partial charge on any atom is -0.326 e. The molecule has 0 fully saturated rings. The fourth-order valence-corrected chi connectivity index (χ4v) is 2.24. The third-order valence-corrected chi connectivity index (χ3v) is 3.13. The highest BCUT2D eigenvalue weighted by Crippen LogP contribution is 2.21. The van der Waals surface area contributed by atoms with E-state index in [0.717, 1.165) is 29.8 Å². The number of halogens is 1. The first kappa shape index (κ1) is 12.8. The monoisotopic (exact) mass is 247 g/mol. The Labute approximate surface area is 106 Å². The number of aromatic nitrogens is 2. The van der Waals surface area contributed by atoms with Crippen molar-refractivity contribution in [2.75, 3.05) is 0 Å². The highest BCUT2D eigenvalue weighted by Gasteiger charge is 2.16. The van der Waals surface area contributed by atoms with Crippen LogP contribution in [0.1, 0.15) is 30.8 Å². The number of nitrogens with two attached hydrogens (primary N) is 1. The molecule has 0 saturated carbocycles. The van der Waals surface area contributed by atoms with Gasteiger partial charge in [-0.1, -0.05) is 26.0 Å². The molecule has 0 aliphatic heterocycles. The van der Waals surface area contributed by atoms with E-state index in [4.69, 9.17) is 5.73 Å². The molecule has 0 amide bonds.